The Hall–Kier alpha value is -3.60. The van der Waals surface area contributed by atoms with Gasteiger partial charge in [0.2, 0.25) is 0 Å². The molecule has 0 aliphatic heterocycles. The number of esters is 1. The number of carbonyl (C=O) groups excluding carboxylic acids is 2. The lowest BCUT2D eigenvalue weighted by molar-refractivity contribution is -0.141. The molecule has 1 amide bonds. The van der Waals surface area contributed by atoms with E-state index >= 15 is 0 Å². The summed E-state index contributed by atoms with van der Waals surface area (Å²) < 4.78 is 11.6. The first-order valence-corrected chi connectivity index (χ1v) is 11.6. The Labute approximate surface area is 202 Å². The summed E-state index contributed by atoms with van der Waals surface area (Å²) in [6.45, 7) is 9.76. The maximum Gasteiger partial charge on any atom is 0.331 e. The molecule has 3 aromatic carbocycles. The zero-order valence-electron chi connectivity index (χ0n) is 20.7. The van der Waals surface area contributed by atoms with Crippen LogP contribution in [0.1, 0.15) is 62.2 Å². The normalized spacial score (nSPS) is 12.4. The Bertz CT molecular complexity index is 1170. The third kappa shape index (κ3) is 5.14. The molecule has 0 fully saturated rings. The molecule has 0 aromatic heterocycles. The number of allylic oxidation sites excluding steroid dienone is 1. The Morgan fingerprint density at radius 3 is 2.15 bits per heavy atom. The molecule has 0 aliphatic rings. The van der Waals surface area contributed by atoms with Gasteiger partial charge in [-0.15, -0.1) is 0 Å². The van der Waals surface area contributed by atoms with Crippen molar-refractivity contribution in [2.75, 3.05) is 7.11 Å². The van der Waals surface area contributed by atoms with Crippen LogP contribution in [0.5, 0.6) is 5.75 Å². The highest BCUT2D eigenvalue weighted by Gasteiger charge is 2.31. The molecule has 5 heteroatoms. The Morgan fingerprint density at radius 2 is 1.56 bits per heavy atom. The fraction of sp³-hybridized carbons (Fsp3) is 0.310. The topological polar surface area (TPSA) is 55.8 Å². The van der Waals surface area contributed by atoms with Crippen LogP contribution in [-0.4, -0.2) is 36.0 Å². The number of fused-ring (bicyclic) bond motifs is 1. The van der Waals surface area contributed by atoms with Gasteiger partial charge in [0.25, 0.3) is 5.91 Å². The van der Waals surface area contributed by atoms with E-state index in [-0.39, 0.29) is 18.0 Å². The first-order chi connectivity index (χ1) is 16.3. The van der Waals surface area contributed by atoms with Crippen molar-refractivity contribution >= 4 is 22.6 Å². The van der Waals surface area contributed by atoms with Crippen LogP contribution in [0.2, 0.25) is 0 Å². The molecule has 1 atom stereocenters. The van der Waals surface area contributed by atoms with Crippen molar-refractivity contribution in [3.63, 3.8) is 0 Å². The van der Waals surface area contributed by atoms with E-state index in [0.717, 1.165) is 10.9 Å². The van der Waals surface area contributed by atoms with Crippen LogP contribution in [0.15, 0.2) is 72.8 Å². The zero-order chi connectivity index (χ0) is 24.8. The second-order valence-corrected chi connectivity index (χ2v) is 8.72. The summed E-state index contributed by atoms with van der Waals surface area (Å²) in [5.74, 6) is -0.000630. The van der Waals surface area contributed by atoms with Crippen LogP contribution in [0, 0.1) is 0 Å². The minimum Gasteiger partial charge on any atom is -0.496 e. The summed E-state index contributed by atoms with van der Waals surface area (Å²) in [7, 11) is 1.60. The van der Waals surface area contributed by atoms with Gasteiger partial charge in [0.15, 0.2) is 6.10 Å². The lowest BCUT2D eigenvalue weighted by atomic mass is 9.90. The van der Waals surface area contributed by atoms with E-state index in [2.05, 4.69) is 0 Å². The largest absolute Gasteiger partial charge is 0.496 e. The first kappa shape index (κ1) is 25.0. The van der Waals surface area contributed by atoms with Gasteiger partial charge in [0, 0.05) is 29.1 Å². The fourth-order valence-electron chi connectivity index (χ4n) is 4.41. The molecule has 0 aliphatic carbocycles. The van der Waals surface area contributed by atoms with Gasteiger partial charge < -0.3 is 14.4 Å². The predicted octanol–water partition coefficient (Wildman–Crippen LogP) is 6.32. The SMILES string of the molecule is C/C=C/C(=O)O[C@@H](c1ccccc1)c1ccc2cccc(OC)c2c1C(=O)N(C(C)C)C(C)C. The quantitative estimate of drug-likeness (QED) is 0.292. The van der Waals surface area contributed by atoms with Crippen molar-refractivity contribution in [3.8, 4) is 5.75 Å². The summed E-state index contributed by atoms with van der Waals surface area (Å²) in [5.41, 5.74) is 1.89. The minimum absolute atomic E-state index is 0.0222. The van der Waals surface area contributed by atoms with Crippen molar-refractivity contribution in [2.45, 2.75) is 52.8 Å². The van der Waals surface area contributed by atoms with Crippen LogP contribution < -0.4 is 4.74 Å². The number of methoxy groups -OCH3 is 1. The van der Waals surface area contributed by atoms with Crippen LogP contribution in [0.25, 0.3) is 10.8 Å². The number of nitrogens with zero attached hydrogens (tertiary/aromatic N) is 1. The van der Waals surface area contributed by atoms with Gasteiger partial charge >= 0.3 is 5.97 Å². The number of rotatable bonds is 8. The van der Waals surface area contributed by atoms with Crippen molar-refractivity contribution in [1.82, 2.24) is 4.90 Å². The smallest absolute Gasteiger partial charge is 0.331 e. The lowest BCUT2D eigenvalue weighted by Gasteiger charge is -2.33. The standard InChI is InChI=1S/C29H33NO4/c1-7-12-25(31)34-28(22-13-9-8-10-14-22)23-18-17-21-15-11-16-24(33-6)26(21)27(23)29(32)30(19(2)3)20(4)5/h7-20,28H,1-6H3/b12-7+/t28-/m0/s1. The third-order valence-corrected chi connectivity index (χ3v) is 5.74. The van der Waals surface area contributed by atoms with Crippen LogP contribution >= 0.6 is 0 Å². The van der Waals surface area contributed by atoms with Crippen LogP contribution in [-0.2, 0) is 9.53 Å². The van der Waals surface area contributed by atoms with E-state index in [1.807, 2.05) is 93.3 Å². The molecule has 0 unspecified atom stereocenters. The fourth-order valence-corrected chi connectivity index (χ4v) is 4.41. The van der Waals surface area contributed by atoms with Crippen molar-refractivity contribution in [2.24, 2.45) is 0 Å². The molecular formula is C29H33NO4. The molecule has 0 heterocycles. The molecular weight excluding hydrogens is 426 g/mol. The van der Waals surface area contributed by atoms with Crippen molar-refractivity contribution in [3.05, 3.63) is 89.5 Å². The molecule has 0 bridgehead atoms. The number of amides is 1. The van der Waals surface area contributed by atoms with E-state index < -0.39 is 12.1 Å². The van der Waals surface area contributed by atoms with E-state index in [1.165, 1.54) is 6.08 Å². The molecule has 0 saturated carbocycles. The molecule has 0 N–H and O–H groups in total. The van der Waals surface area contributed by atoms with Gasteiger partial charge in [0.05, 0.1) is 12.7 Å². The minimum atomic E-state index is -0.765. The predicted molar refractivity (Wildman–Crippen MR) is 136 cm³/mol. The zero-order valence-corrected chi connectivity index (χ0v) is 20.7. The number of hydrogen-bond acceptors (Lipinski definition) is 4. The van der Waals surface area contributed by atoms with Gasteiger partial charge in [-0.05, 0) is 51.6 Å². The second-order valence-electron chi connectivity index (χ2n) is 8.72. The molecule has 0 spiro atoms. The highest BCUT2D eigenvalue weighted by atomic mass is 16.5. The summed E-state index contributed by atoms with van der Waals surface area (Å²) >= 11 is 0. The Balaban J connectivity index is 2.37. The van der Waals surface area contributed by atoms with Gasteiger partial charge in [-0.3, -0.25) is 4.79 Å². The molecule has 5 nitrogen and oxygen atoms in total. The average molecular weight is 460 g/mol. The number of carbonyl (C=O) groups is 2. The average Bonchev–Trinajstić information content (AvgIpc) is 2.81. The van der Waals surface area contributed by atoms with Gasteiger partial charge in [-0.2, -0.15) is 0 Å². The second kappa shape index (κ2) is 11.0. The van der Waals surface area contributed by atoms with Gasteiger partial charge in [-0.1, -0.05) is 60.7 Å². The molecule has 178 valence electrons. The van der Waals surface area contributed by atoms with E-state index in [0.29, 0.717) is 22.3 Å². The van der Waals surface area contributed by atoms with E-state index in [4.69, 9.17) is 9.47 Å². The molecule has 0 saturated heterocycles. The monoisotopic (exact) mass is 459 g/mol. The maximum atomic E-state index is 14.2. The first-order valence-electron chi connectivity index (χ1n) is 11.6. The van der Waals surface area contributed by atoms with E-state index in [1.54, 1.807) is 20.1 Å². The lowest BCUT2D eigenvalue weighted by Crippen LogP contribution is -2.42. The number of benzene rings is 3. The summed E-state index contributed by atoms with van der Waals surface area (Å²) in [5, 5.41) is 1.59. The maximum absolute atomic E-state index is 14.2. The number of hydrogen-bond donors (Lipinski definition) is 0. The summed E-state index contributed by atoms with van der Waals surface area (Å²) in [4.78, 5) is 28.6. The summed E-state index contributed by atoms with van der Waals surface area (Å²) in [6.07, 6.45) is 2.26. The van der Waals surface area contributed by atoms with Gasteiger partial charge in [0.1, 0.15) is 5.75 Å². The summed E-state index contributed by atoms with van der Waals surface area (Å²) in [6, 6.07) is 19.0. The molecule has 34 heavy (non-hydrogen) atoms. The molecule has 0 radical (unpaired) electrons. The van der Waals surface area contributed by atoms with Crippen molar-refractivity contribution < 1.29 is 19.1 Å². The highest BCUT2D eigenvalue weighted by Crippen LogP contribution is 2.38. The van der Waals surface area contributed by atoms with E-state index in [9.17, 15) is 9.59 Å². The number of ether oxygens (including phenoxy) is 2. The van der Waals surface area contributed by atoms with Crippen LogP contribution in [0.3, 0.4) is 0 Å². The highest BCUT2D eigenvalue weighted by molar-refractivity contribution is 6.11. The molecule has 3 rings (SSSR count). The van der Waals surface area contributed by atoms with Crippen LogP contribution in [0.4, 0.5) is 0 Å². The third-order valence-electron chi connectivity index (χ3n) is 5.74. The van der Waals surface area contributed by atoms with Crippen molar-refractivity contribution in [1.29, 1.82) is 0 Å². The Kier molecular flexibility index (Phi) is 8.11. The molecule has 3 aromatic rings. The Morgan fingerprint density at radius 1 is 0.882 bits per heavy atom. The van der Waals surface area contributed by atoms with Gasteiger partial charge in [-0.25, -0.2) is 4.79 Å².